The van der Waals surface area contributed by atoms with Gasteiger partial charge in [-0.15, -0.1) is 11.3 Å². The summed E-state index contributed by atoms with van der Waals surface area (Å²) < 4.78 is 10.5. The van der Waals surface area contributed by atoms with E-state index in [4.69, 9.17) is 9.47 Å². The van der Waals surface area contributed by atoms with Gasteiger partial charge in [-0.2, -0.15) is 0 Å². The van der Waals surface area contributed by atoms with Crippen LogP contribution in [-0.4, -0.2) is 25.1 Å². The molecule has 0 aliphatic rings. The fourth-order valence-electron chi connectivity index (χ4n) is 3.02. The lowest BCUT2D eigenvalue weighted by Gasteiger charge is -2.09. The molecule has 3 aromatic rings. The Morgan fingerprint density at radius 2 is 1.83 bits per heavy atom. The van der Waals surface area contributed by atoms with Crippen molar-refractivity contribution in [1.29, 1.82) is 0 Å². The van der Waals surface area contributed by atoms with Gasteiger partial charge in [-0.3, -0.25) is 4.79 Å². The van der Waals surface area contributed by atoms with Crippen LogP contribution < -0.4 is 14.8 Å². The second-order valence-electron chi connectivity index (χ2n) is 6.88. The standard InChI is InChI=1S/C23H26N2O3S/c1-5-15(2)17-7-9-18(10-8-17)19-14-29-23(24-19)25-22(26)13-16-6-11-20(27-3)21(12-16)28-4/h6-12,14-15H,5,13H2,1-4H3,(H,24,25,26). The van der Waals surface area contributed by atoms with Crippen LogP contribution in [0.25, 0.3) is 11.3 Å². The maximum atomic E-state index is 12.4. The molecule has 152 valence electrons. The number of anilines is 1. The Labute approximate surface area is 175 Å². The van der Waals surface area contributed by atoms with E-state index in [1.54, 1.807) is 20.3 Å². The molecule has 6 heteroatoms. The molecule has 1 N–H and O–H groups in total. The molecule has 1 atom stereocenters. The Bertz CT molecular complexity index is 967. The van der Waals surface area contributed by atoms with Crippen molar-refractivity contribution in [3.8, 4) is 22.8 Å². The monoisotopic (exact) mass is 410 g/mol. The number of rotatable bonds is 8. The van der Waals surface area contributed by atoms with Crippen LogP contribution in [0, 0.1) is 0 Å². The van der Waals surface area contributed by atoms with Gasteiger partial charge in [0.05, 0.1) is 26.3 Å². The van der Waals surface area contributed by atoms with Gasteiger partial charge in [0.25, 0.3) is 0 Å². The zero-order valence-corrected chi connectivity index (χ0v) is 18.0. The summed E-state index contributed by atoms with van der Waals surface area (Å²) in [4.78, 5) is 17.0. The molecule has 5 nitrogen and oxygen atoms in total. The van der Waals surface area contributed by atoms with Crippen LogP contribution in [0.3, 0.4) is 0 Å². The number of benzene rings is 2. The normalized spacial score (nSPS) is 11.7. The van der Waals surface area contributed by atoms with Gasteiger partial charge in [-0.05, 0) is 35.6 Å². The van der Waals surface area contributed by atoms with Crippen LogP contribution in [0.5, 0.6) is 11.5 Å². The average molecular weight is 411 g/mol. The highest BCUT2D eigenvalue weighted by Gasteiger charge is 2.12. The maximum absolute atomic E-state index is 12.4. The van der Waals surface area contributed by atoms with Gasteiger partial charge in [0.1, 0.15) is 0 Å². The molecule has 1 amide bonds. The number of carbonyl (C=O) groups is 1. The summed E-state index contributed by atoms with van der Waals surface area (Å²) in [5.74, 6) is 1.67. The van der Waals surface area contributed by atoms with Gasteiger partial charge in [-0.25, -0.2) is 4.98 Å². The number of thiazole rings is 1. The predicted octanol–water partition coefficient (Wildman–Crippen LogP) is 5.52. The Kier molecular flexibility index (Phi) is 6.88. The summed E-state index contributed by atoms with van der Waals surface area (Å²) in [6.07, 6.45) is 1.35. The lowest BCUT2D eigenvalue weighted by Crippen LogP contribution is -2.14. The molecule has 0 bridgehead atoms. The van der Waals surface area contributed by atoms with Crippen LogP contribution in [0.4, 0.5) is 5.13 Å². The lowest BCUT2D eigenvalue weighted by atomic mass is 9.97. The van der Waals surface area contributed by atoms with Gasteiger partial charge in [-0.1, -0.05) is 44.2 Å². The van der Waals surface area contributed by atoms with Crippen molar-refractivity contribution >= 4 is 22.4 Å². The smallest absolute Gasteiger partial charge is 0.230 e. The van der Waals surface area contributed by atoms with E-state index < -0.39 is 0 Å². The third-order valence-corrected chi connectivity index (χ3v) is 5.71. The van der Waals surface area contributed by atoms with Gasteiger partial charge in [0, 0.05) is 10.9 Å². The summed E-state index contributed by atoms with van der Waals surface area (Å²) in [7, 11) is 3.16. The van der Waals surface area contributed by atoms with Crippen LogP contribution in [-0.2, 0) is 11.2 Å². The van der Waals surface area contributed by atoms with Crippen LogP contribution in [0.2, 0.25) is 0 Å². The summed E-state index contributed by atoms with van der Waals surface area (Å²) in [6, 6.07) is 13.9. The highest BCUT2D eigenvalue weighted by atomic mass is 32.1. The summed E-state index contributed by atoms with van der Waals surface area (Å²) in [6.45, 7) is 4.42. The third-order valence-electron chi connectivity index (χ3n) is 4.95. The number of nitrogens with one attached hydrogen (secondary N) is 1. The minimum Gasteiger partial charge on any atom is -0.493 e. The molecule has 0 aliphatic carbocycles. The number of amides is 1. The van der Waals surface area contributed by atoms with Gasteiger partial charge >= 0.3 is 0 Å². The molecule has 1 aromatic heterocycles. The molecule has 3 rings (SSSR count). The number of aromatic nitrogens is 1. The van der Waals surface area contributed by atoms with E-state index >= 15 is 0 Å². The van der Waals surface area contributed by atoms with E-state index in [9.17, 15) is 4.79 Å². The number of ether oxygens (including phenoxy) is 2. The van der Waals surface area contributed by atoms with Gasteiger partial charge in [0.2, 0.25) is 5.91 Å². The number of methoxy groups -OCH3 is 2. The van der Waals surface area contributed by atoms with E-state index in [0.29, 0.717) is 22.5 Å². The molecule has 0 saturated carbocycles. The Morgan fingerprint density at radius 3 is 2.48 bits per heavy atom. The molecule has 1 heterocycles. The molecular formula is C23H26N2O3S. The molecular weight excluding hydrogens is 384 g/mol. The van der Waals surface area contributed by atoms with Crippen LogP contribution in [0.1, 0.15) is 37.3 Å². The fraction of sp³-hybridized carbons (Fsp3) is 0.304. The van der Waals surface area contributed by atoms with E-state index in [1.165, 1.54) is 16.9 Å². The third kappa shape index (κ3) is 5.15. The molecule has 1 unspecified atom stereocenters. The van der Waals surface area contributed by atoms with E-state index in [1.807, 2.05) is 17.5 Å². The SMILES string of the molecule is CCC(C)c1ccc(-c2csc(NC(=O)Cc3ccc(OC)c(OC)c3)n2)cc1. The molecule has 0 radical (unpaired) electrons. The lowest BCUT2D eigenvalue weighted by molar-refractivity contribution is -0.115. The molecule has 0 aliphatic heterocycles. The van der Waals surface area contributed by atoms with Crippen molar-refractivity contribution in [1.82, 2.24) is 4.98 Å². The molecule has 29 heavy (non-hydrogen) atoms. The molecule has 0 saturated heterocycles. The summed E-state index contributed by atoms with van der Waals surface area (Å²) in [5, 5.41) is 5.44. The zero-order chi connectivity index (χ0) is 20.8. The minimum absolute atomic E-state index is 0.120. The summed E-state index contributed by atoms with van der Waals surface area (Å²) in [5.41, 5.74) is 4.09. The highest BCUT2D eigenvalue weighted by molar-refractivity contribution is 7.14. The summed E-state index contributed by atoms with van der Waals surface area (Å²) >= 11 is 1.42. The second-order valence-corrected chi connectivity index (χ2v) is 7.74. The quantitative estimate of drug-likeness (QED) is 0.531. The first-order chi connectivity index (χ1) is 14.0. The van der Waals surface area contributed by atoms with Crippen molar-refractivity contribution in [3.63, 3.8) is 0 Å². The average Bonchev–Trinajstić information content (AvgIpc) is 3.21. The van der Waals surface area contributed by atoms with Crippen LogP contribution >= 0.6 is 11.3 Å². The second kappa shape index (κ2) is 9.56. The van der Waals surface area contributed by atoms with E-state index in [-0.39, 0.29) is 12.3 Å². The predicted molar refractivity (Wildman–Crippen MR) is 118 cm³/mol. The topological polar surface area (TPSA) is 60.5 Å². The Hall–Kier alpha value is -2.86. The van der Waals surface area contributed by atoms with Crippen molar-refractivity contribution in [2.45, 2.75) is 32.6 Å². The maximum Gasteiger partial charge on any atom is 0.230 e. The molecule has 2 aromatic carbocycles. The first-order valence-electron chi connectivity index (χ1n) is 9.60. The zero-order valence-electron chi connectivity index (χ0n) is 17.2. The van der Waals surface area contributed by atoms with Crippen molar-refractivity contribution in [2.75, 3.05) is 19.5 Å². The minimum atomic E-state index is -0.120. The fourth-order valence-corrected chi connectivity index (χ4v) is 3.76. The number of hydrogen-bond donors (Lipinski definition) is 1. The highest BCUT2D eigenvalue weighted by Crippen LogP contribution is 2.29. The van der Waals surface area contributed by atoms with Crippen molar-refractivity contribution in [3.05, 3.63) is 59.0 Å². The first kappa shape index (κ1) is 20.9. The largest absolute Gasteiger partial charge is 0.493 e. The molecule has 0 spiro atoms. The van der Waals surface area contributed by atoms with Gasteiger partial charge in [0.15, 0.2) is 16.6 Å². The number of nitrogens with zero attached hydrogens (tertiary/aromatic N) is 1. The van der Waals surface area contributed by atoms with Crippen molar-refractivity contribution in [2.24, 2.45) is 0 Å². The first-order valence-corrected chi connectivity index (χ1v) is 10.5. The van der Waals surface area contributed by atoms with Crippen LogP contribution in [0.15, 0.2) is 47.8 Å². The van der Waals surface area contributed by atoms with E-state index in [0.717, 1.165) is 23.2 Å². The van der Waals surface area contributed by atoms with Crippen molar-refractivity contribution < 1.29 is 14.3 Å². The van der Waals surface area contributed by atoms with E-state index in [2.05, 4.69) is 48.4 Å². The van der Waals surface area contributed by atoms with Gasteiger partial charge < -0.3 is 14.8 Å². The Balaban J connectivity index is 1.64. The number of carbonyl (C=O) groups excluding carboxylic acids is 1. The molecule has 0 fully saturated rings. The number of hydrogen-bond acceptors (Lipinski definition) is 5. The Morgan fingerprint density at radius 1 is 1.10 bits per heavy atom.